The smallest absolute Gasteiger partial charge is 0.243 e. The molecule has 1 heterocycles. The highest BCUT2D eigenvalue weighted by Gasteiger charge is 2.21. The molecule has 2 N–H and O–H groups in total. The molecule has 1 aromatic heterocycles. The van der Waals surface area contributed by atoms with Crippen LogP contribution in [0.1, 0.15) is 25.0 Å². The number of hydrogen-bond acceptors (Lipinski definition) is 4. The molecule has 2 unspecified atom stereocenters. The number of aliphatic hydroxyl groups is 1. The van der Waals surface area contributed by atoms with Crippen LogP contribution in [0.25, 0.3) is 0 Å². The van der Waals surface area contributed by atoms with E-state index >= 15 is 0 Å². The lowest BCUT2D eigenvalue weighted by Crippen LogP contribution is -2.33. The van der Waals surface area contributed by atoms with Crippen molar-refractivity contribution in [2.24, 2.45) is 7.05 Å². The van der Waals surface area contributed by atoms with Crippen LogP contribution < -0.4 is 4.72 Å². The molecule has 6 nitrogen and oxygen atoms in total. The third kappa shape index (κ3) is 4.13. The van der Waals surface area contributed by atoms with Crippen molar-refractivity contribution >= 4 is 10.0 Å². The van der Waals surface area contributed by atoms with Crippen LogP contribution in [0.5, 0.6) is 0 Å². The van der Waals surface area contributed by atoms with Crippen LogP contribution >= 0.6 is 0 Å². The van der Waals surface area contributed by atoms with E-state index in [1.165, 1.54) is 17.1 Å². The fourth-order valence-electron chi connectivity index (χ4n) is 2.06. The summed E-state index contributed by atoms with van der Waals surface area (Å²) in [4.78, 5) is 0.117. The van der Waals surface area contributed by atoms with Gasteiger partial charge in [0.25, 0.3) is 0 Å². The van der Waals surface area contributed by atoms with E-state index in [2.05, 4.69) is 9.82 Å². The second-order valence-electron chi connectivity index (χ2n) is 5.03. The number of sulfonamides is 1. The summed E-state index contributed by atoms with van der Waals surface area (Å²) in [5, 5.41) is 14.0. The molecule has 0 amide bonds. The van der Waals surface area contributed by atoms with Crippen molar-refractivity contribution in [2.75, 3.05) is 0 Å². The number of nitrogens with one attached hydrogen (secondary N) is 1. The molecule has 2 atom stereocenters. The zero-order valence-electron chi connectivity index (χ0n) is 12.0. The van der Waals surface area contributed by atoms with Crippen molar-refractivity contribution in [3.05, 3.63) is 48.3 Å². The summed E-state index contributed by atoms with van der Waals surface area (Å²) in [6.45, 7) is 1.72. The molecule has 0 spiro atoms. The largest absolute Gasteiger partial charge is 0.388 e. The van der Waals surface area contributed by atoms with Crippen molar-refractivity contribution in [1.82, 2.24) is 14.5 Å². The van der Waals surface area contributed by atoms with Gasteiger partial charge in [0.2, 0.25) is 10.0 Å². The zero-order chi connectivity index (χ0) is 15.5. The number of hydrogen-bond donors (Lipinski definition) is 2. The monoisotopic (exact) mass is 309 g/mol. The summed E-state index contributed by atoms with van der Waals surface area (Å²) in [6, 6.07) is 8.77. The van der Waals surface area contributed by atoms with E-state index in [4.69, 9.17) is 0 Å². The molecule has 114 valence electrons. The molecule has 2 rings (SSSR count). The topological polar surface area (TPSA) is 84.2 Å². The number of rotatable bonds is 6. The van der Waals surface area contributed by atoms with Gasteiger partial charge in [0.05, 0.1) is 12.3 Å². The van der Waals surface area contributed by atoms with Crippen LogP contribution in [0.2, 0.25) is 0 Å². The maximum atomic E-state index is 12.1. The van der Waals surface area contributed by atoms with Crippen molar-refractivity contribution in [3.63, 3.8) is 0 Å². The lowest BCUT2D eigenvalue weighted by molar-refractivity contribution is 0.158. The molecule has 0 saturated carbocycles. The summed E-state index contributed by atoms with van der Waals surface area (Å²) in [5.74, 6) is 0. The molecular formula is C14H19N3O3S. The number of aryl methyl sites for hydroxylation is 1. The van der Waals surface area contributed by atoms with Gasteiger partial charge < -0.3 is 5.11 Å². The van der Waals surface area contributed by atoms with E-state index in [1.807, 2.05) is 30.3 Å². The van der Waals surface area contributed by atoms with E-state index in [9.17, 15) is 13.5 Å². The lowest BCUT2D eigenvalue weighted by Gasteiger charge is -2.17. The Morgan fingerprint density at radius 2 is 2.00 bits per heavy atom. The Morgan fingerprint density at radius 3 is 2.57 bits per heavy atom. The van der Waals surface area contributed by atoms with Crippen LogP contribution in [0.3, 0.4) is 0 Å². The summed E-state index contributed by atoms with van der Waals surface area (Å²) < 4.78 is 28.2. The first-order valence-electron chi connectivity index (χ1n) is 6.62. The van der Waals surface area contributed by atoms with E-state index in [0.29, 0.717) is 6.42 Å². The fourth-order valence-corrected chi connectivity index (χ4v) is 3.30. The molecule has 7 heteroatoms. The third-order valence-corrected chi connectivity index (χ3v) is 4.65. The number of benzene rings is 1. The highest BCUT2D eigenvalue weighted by atomic mass is 32.2. The van der Waals surface area contributed by atoms with Gasteiger partial charge in [-0.3, -0.25) is 4.68 Å². The average Bonchev–Trinajstić information content (AvgIpc) is 2.86. The first kappa shape index (κ1) is 15.7. The van der Waals surface area contributed by atoms with Gasteiger partial charge in [-0.1, -0.05) is 30.3 Å². The Morgan fingerprint density at radius 1 is 1.33 bits per heavy atom. The predicted molar refractivity (Wildman–Crippen MR) is 79.0 cm³/mol. The quantitative estimate of drug-likeness (QED) is 0.840. The maximum Gasteiger partial charge on any atom is 0.243 e. The molecule has 21 heavy (non-hydrogen) atoms. The molecule has 0 saturated heterocycles. The minimum Gasteiger partial charge on any atom is -0.388 e. The van der Waals surface area contributed by atoms with Gasteiger partial charge >= 0.3 is 0 Å². The molecule has 0 radical (unpaired) electrons. The van der Waals surface area contributed by atoms with Gasteiger partial charge in [-0.05, 0) is 18.9 Å². The SMILES string of the molecule is CC(CC(O)c1ccccc1)NS(=O)(=O)c1cnn(C)c1. The van der Waals surface area contributed by atoms with Crippen molar-refractivity contribution < 1.29 is 13.5 Å². The molecule has 0 aliphatic carbocycles. The second kappa shape index (κ2) is 6.38. The summed E-state index contributed by atoms with van der Waals surface area (Å²) in [7, 11) is -1.96. The molecule has 0 aliphatic heterocycles. The Kier molecular flexibility index (Phi) is 4.76. The first-order chi connectivity index (χ1) is 9.88. The first-order valence-corrected chi connectivity index (χ1v) is 8.11. The molecule has 0 bridgehead atoms. The zero-order valence-corrected chi connectivity index (χ0v) is 12.8. The lowest BCUT2D eigenvalue weighted by atomic mass is 10.0. The van der Waals surface area contributed by atoms with Gasteiger partial charge in [-0.25, -0.2) is 13.1 Å². The third-order valence-electron chi connectivity index (χ3n) is 3.11. The second-order valence-corrected chi connectivity index (χ2v) is 6.75. The standard InChI is InChI=1S/C14H19N3O3S/c1-11(8-14(18)12-6-4-3-5-7-12)16-21(19,20)13-9-15-17(2)10-13/h3-7,9-11,14,16,18H,8H2,1-2H3. The van der Waals surface area contributed by atoms with E-state index in [-0.39, 0.29) is 4.90 Å². The number of aromatic nitrogens is 2. The minimum absolute atomic E-state index is 0.117. The molecule has 0 fully saturated rings. The summed E-state index contributed by atoms with van der Waals surface area (Å²) in [6.07, 6.45) is 2.31. The highest BCUT2D eigenvalue weighted by Crippen LogP contribution is 2.18. The van der Waals surface area contributed by atoms with Crippen LogP contribution in [0.4, 0.5) is 0 Å². The predicted octanol–water partition coefficient (Wildman–Crippen LogP) is 1.21. The van der Waals surface area contributed by atoms with Crippen molar-refractivity contribution in [2.45, 2.75) is 30.4 Å². The van der Waals surface area contributed by atoms with Crippen molar-refractivity contribution in [3.8, 4) is 0 Å². The molecule has 1 aromatic carbocycles. The van der Waals surface area contributed by atoms with Gasteiger partial charge in [0, 0.05) is 19.3 Å². The maximum absolute atomic E-state index is 12.1. The average molecular weight is 309 g/mol. The Hall–Kier alpha value is -1.70. The van der Waals surface area contributed by atoms with Crippen molar-refractivity contribution in [1.29, 1.82) is 0 Å². The van der Waals surface area contributed by atoms with Crippen LogP contribution in [0, 0.1) is 0 Å². The Balaban J connectivity index is 2.00. The minimum atomic E-state index is -3.61. The molecule has 0 aliphatic rings. The fraction of sp³-hybridized carbons (Fsp3) is 0.357. The van der Waals surface area contributed by atoms with E-state index < -0.39 is 22.2 Å². The normalized spacial score (nSPS) is 14.8. The van der Waals surface area contributed by atoms with Crippen LogP contribution in [-0.2, 0) is 17.1 Å². The summed E-state index contributed by atoms with van der Waals surface area (Å²) in [5.41, 5.74) is 0.768. The Labute approximate surface area is 124 Å². The van der Waals surface area contributed by atoms with Crippen LogP contribution in [-0.4, -0.2) is 29.3 Å². The Bertz CT molecular complexity index is 682. The van der Waals surface area contributed by atoms with Crippen LogP contribution in [0.15, 0.2) is 47.6 Å². The molecule has 2 aromatic rings. The van der Waals surface area contributed by atoms with E-state index in [1.54, 1.807) is 14.0 Å². The van der Waals surface area contributed by atoms with Gasteiger partial charge in [0.1, 0.15) is 4.90 Å². The summed E-state index contributed by atoms with van der Waals surface area (Å²) >= 11 is 0. The van der Waals surface area contributed by atoms with E-state index in [0.717, 1.165) is 5.56 Å². The highest BCUT2D eigenvalue weighted by molar-refractivity contribution is 7.89. The van der Waals surface area contributed by atoms with Gasteiger partial charge in [-0.15, -0.1) is 0 Å². The number of nitrogens with zero attached hydrogens (tertiary/aromatic N) is 2. The molecular weight excluding hydrogens is 290 g/mol. The van der Waals surface area contributed by atoms with Gasteiger partial charge in [-0.2, -0.15) is 5.10 Å². The number of aliphatic hydroxyl groups excluding tert-OH is 1. The van der Waals surface area contributed by atoms with Gasteiger partial charge in [0.15, 0.2) is 0 Å².